The molecule has 6 heteroatoms. The molecule has 122 valence electrons. The van der Waals surface area contributed by atoms with Crippen molar-refractivity contribution in [2.24, 2.45) is 0 Å². The molecular formula is C18H17N3O2S. The highest BCUT2D eigenvalue weighted by Crippen LogP contribution is 2.28. The van der Waals surface area contributed by atoms with Crippen LogP contribution in [0.25, 0.3) is 5.82 Å². The summed E-state index contributed by atoms with van der Waals surface area (Å²) in [5.41, 5.74) is 1.63. The highest BCUT2D eigenvalue weighted by molar-refractivity contribution is 7.98. The van der Waals surface area contributed by atoms with Gasteiger partial charge in [0.2, 0.25) is 0 Å². The molecule has 2 heterocycles. The van der Waals surface area contributed by atoms with Crippen molar-refractivity contribution in [1.29, 1.82) is 0 Å². The van der Waals surface area contributed by atoms with E-state index in [0.717, 1.165) is 10.8 Å². The zero-order valence-electron chi connectivity index (χ0n) is 13.3. The Morgan fingerprint density at radius 2 is 1.96 bits per heavy atom. The summed E-state index contributed by atoms with van der Waals surface area (Å²) in [6.45, 7) is 2.12. The zero-order chi connectivity index (χ0) is 16.8. The molecule has 0 radical (unpaired) electrons. The van der Waals surface area contributed by atoms with E-state index < -0.39 is 0 Å². The average molecular weight is 339 g/mol. The minimum Gasteiger partial charge on any atom is -0.462 e. The van der Waals surface area contributed by atoms with E-state index in [-0.39, 0.29) is 5.97 Å². The number of hydrogen-bond acceptors (Lipinski definition) is 5. The minimum atomic E-state index is -0.366. The number of thioether (sulfide) groups is 1. The monoisotopic (exact) mass is 339 g/mol. The Morgan fingerprint density at radius 3 is 2.67 bits per heavy atom. The number of nitrogens with zero attached hydrogens (tertiary/aromatic N) is 3. The first-order valence-electron chi connectivity index (χ1n) is 7.63. The molecule has 0 amide bonds. The fourth-order valence-corrected chi connectivity index (χ4v) is 3.24. The summed E-state index contributed by atoms with van der Waals surface area (Å²) in [6.07, 6.45) is 3.24. The Morgan fingerprint density at radius 1 is 1.17 bits per heavy atom. The highest BCUT2D eigenvalue weighted by atomic mass is 32.2. The van der Waals surface area contributed by atoms with Gasteiger partial charge in [-0.05, 0) is 24.6 Å². The van der Waals surface area contributed by atoms with E-state index in [1.54, 1.807) is 35.8 Å². The molecule has 0 saturated carbocycles. The maximum Gasteiger partial charge on any atom is 0.342 e. The van der Waals surface area contributed by atoms with Gasteiger partial charge in [0.05, 0.1) is 12.8 Å². The molecule has 1 aromatic carbocycles. The van der Waals surface area contributed by atoms with Crippen LogP contribution in [0.4, 0.5) is 0 Å². The zero-order valence-corrected chi connectivity index (χ0v) is 14.1. The summed E-state index contributed by atoms with van der Waals surface area (Å²) in [5.74, 6) is 1.03. The molecule has 0 unspecified atom stereocenters. The summed E-state index contributed by atoms with van der Waals surface area (Å²) in [7, 11) is 0. The summed E-state index contributed by atoms with van der Waals surface area (Å²) in [5, 5.41) is 5.07. The molecule has 0 bridgehead atoms. The lowest BCUT2D eigenvalue weighted by Crippen LogP contribution is -2.07. The fraction of sp³-hybridized carbons (Fsp3) is 0.167. The summed E-state index contributed by atoms with van der Waals surface area (Å²) < 4.78 is 6.82. The Labute approximate surface area is 144 Å². The van der Waals surface area contributed by atoms with Gasteiger partial charge in [0.15, 0.2) is 5.82 Å². The van der Waals surface area contributed by atoms with Crippen molar-refractivity contribution in [3.8, 4) is 5.82 Å². The quantitative estimate of drug-likeness (QED) is 0.506. The Balaban J connectivity index is 1.93. The Bertz CT molecular complexity index is 804. The first kappa shape index (κ1) is 16.3. The van der Waals surface area contributed by atoms with Gasteiger partial charge in [-0.25, -0.2) is 14.5 Å². The van der Waals surface area contributed by atoms with E-state index in [2.05, 4.69) is 22.2 Å². The van der Waals surface area contributed by atoms with Crippen LogP contribution in [0.1, 0.15) is 22.8 Å². The molecule has 0 aliphatic heterocycles. The number of pyridine rings is 1. The normalized spacial score (nSPS) is 10.5. The molecule has 3 rings (SSSR count). The van der Waals surface area contributed by atoms with E-state index >= 15 is 0 Å². The lowest BCUT2D eigenvalue weighted by molar-refractivity contribution is 0.0522. The first-order chi connectivity index (χ1) is 11.8. The van der Waals surface area contributed by atoms with Gasteiger partial charge in [0.25, 0.3) is 0 Å². The van der Waals surface area contributed by atoms with E-state index in [0.29, 0.717) is 18.0 Å². The van der Waals surface area contributed by atoms with Crippen molar-refractivity contribution in [1.82, 2.24) is 14.8 Å². The number of benzene rings is 1. The van der Waals surface area contributed by atoms with Crippen LogP contribution in [0.5, 0.6) is 0 Å². The van der Waals surface area contributed by atoms with Crippen LogP contribution in [-0.4, -0.2) is 27.3 Å². The maximum atomic E-state index is 12.2. The molecular weight excluding hydrogens is 322 g/mol. The van der Waals surface area contributed by atoms with Crippen LogP contribution in [0.3, 0.4) is 0 Å². The lowest BCUT2D eigenvalue weighted by Gasteiger charge is -2.08. The van der Waals surface area contributed by atoms with Gasteiger partial charge >= 0.3 is 5.97 Å². The molecule has 3 aromatic rings. The third-order valence-electron chi connectivity index (χ3n) is 3.31. The highest BCUT2D eigenvalue weighted by Gasteiger charge is 2.20. The van der Waals surface area contributed by atoms with Crippen molar-refractivity contribution in [2.45, 2.75) is 17.7 Å². The second-order valence-electron chi connectivity index (χ2n) is 4.96. The summed E-state index contributed by atoms with van der Waals surface area (Å²) in [6, 6.07) is 15.7. The topological polar surface area (TPSA) is 57.0 Å². The van der Waals surface area contributed by atoms with E-state index in [1.807, 2.05) is 36.4 Å². The van der Waals surface area contributed by atoms with Crippen LogP contribution in [-0.2, 0) is 10.5 Å². The van der Waals surface area contributed by atoms with Gasteiger partial charge in [0.1, 0.15) is 10.6 Å². The number of rotatable bonds is 6. The molecule has 0 atom stereocenters. The molecule has 0 spiro atoms. The third kappa shape index (κ3) is 3.65. The standard InChI is InChI=1S/C18H17N3O2S/c1-2-23-18(22)15-12-20-21(16-10-6-7-11-19-16)17(15)24-13-14-8-4-3-5-9-14/h3-12H,2,13H2,1H3. The van der Waals surface area contributed by atoms with E-state index in [9.17, 15) is 4.79 Å². The summed E-state index contributed by atoms with van der Waals surface area (Å²) >= 11 is 1.54. The van der Waals surface area contributed by atoms with E-state index in [1.165, 1.54) is 5.56 Å². The smallest absolute Gasteiger partial charge is 0.342 e. The molecule has 0 aliphatic rings. The van der Waals surface area contributed by atoms with Gasteiger partial charge in [-0.2, -0.15) is 5.10 Å². The number of ether oxygens (including phenoxy) is 1. The molecule has 2 aromatic heterocycles. The van der Waals surface area contributed by atoms with Crippen molar-refractivity contribution in [3.05, 3.63) is 72.1 Å². The average Bonchev–Trinajstić information content (AvgIpc) is 3.06. The number of aromatic nitrogens is 3. The number of carbonyl (C=O) groups is 1. The van der Waals surface area contributed by atoms with Crippen LogP contribution in [0.15, 0.2) is 66.0 Å². The SMILES string of the molecule is CCOC(=O)c1cnn(-c2ccccn2)c1SCc1ccccc1. The van der Waals surface area contributed by atoms with Crippen molar-refractivity contribution < 1.29 is 9.53 Å². The van der Waals surface area contributed by atoms with Crippen LogP contribution < -0.4 is 0 Å². The Hall–Kier alpha value is -2.60. The Kier molecular flexibility index (Phi) is 5.28. The molecule has 0 fully saturated rings. The third-order valence-corrected chi connectivity index (χ3v) is 4.45. The van der Waals surface area contributed by atoms with Crippen LogP contribution in [0, 0.1) is 0 Å². The first-order valence-corrected chi connectivity index (χ1v) is 8.61. The van der Waals surface area contributed by atoms with Crippen LogP contribution in [0.2, 0.25) is 0 Å². The van der Waals surface area contributed by atoms with Crippen molar-refractivity contribution >= 4 is 17.7 Å². The van der Waals surface area contributed by atoms with Gasteiger partial charge < -0.3 is 4.74 Å². The lowest BCUT2D eigenvalue weighted by atomic mass is 10.2. The molecule has 5 nitrogen and oxygen atoms in total. The molecule has 0 N–H and O–H groups in total. The number of carbonyl (C=O) groups excluding carboxylic acids is 1. The second-order valence-corrected chi connectivity index (χ2v) is 5.92. The van der Waals surface area contributed by atoms with Crippen molar-refractivity contribution in [3.63, 3.8) is 0 Å². The van der Waals surface area contributed by atoms with Crippen LogP contribution >= 0.6 is 11.8 Å². The van der Waals surface area contributed by atoms with Gasteiger partial charge in [-0.15, -0.1) is 11.8 Å². The predicted octanol–water partition coefficient (Wildman–Crippen LogP) is 3.74. The predicted molar refractivity (Wildman–Crippen MR) is 93.3 cm³/mol. The molecule has 0 saturated heterocycles. The second kappa shape index (κ2) is 7.79. The number of esters is 1. The van der Waals surface area contributed by atoms with Crippen molar-refractivity contribution in [2.75, 3.05) is 6.61 Å². The van der Waals surface area contributed by atoms with Gasteiger partial charge in [-0.1, -0.05) is 36.4 Å². The summed E-state index contributed by atoms with van der Waals surface area (Å²) in [4.78, 5) is 16.5. The number of hydrogen-bond donors (Lipinski definition) is 0. The fourth-order valence-electron chi connectivity index (χ4n) is 2.19. The molecule has 0 aliphatic carbocycles. The maximum absolute atomic E-state index is 12.2. The van der Waals surface area contributed by atoms with E-state index in [4.69, 9.17) is 4.74 Å². The minimum absolute atomic E-state index is 0.330. The van der Waals surface area contributed by atoms with Gasteiger partial charge in [-0.3, -0.25) is 0 Å². The van der Waals surface area contributed by atoms with Gasteiger partial charge in [0, 0.05) is 11.9 Å². The largest absolute Gasteiger partial charge is 0.462 e. The molecule has 24 heavy (non-hydrogen) atoms.